The molecule has 0 unspecified atom stereocenters. The van der Waals surface area contributed by atoms with E-state index in [9.17, 15) is 9.59 Å². The number of rotatable bonds is 5. The molecule has 2 heterocycles. The largest absolute Gasteiger partial charge is 0.460 e. The summed E-state index contributed by atoms with van der Waals surface area (Å²) >= 11 is 0. The molecule has 0 atom stereocenters. The number of piperidine rings is 1. The van der Waals surface area contributed by atoms with Gasteiger partial charge in [-0.2, -0.15) is 5.26 Å². The fraction of sp³-hybridized carbons (Fsp3) is 0.412. The third kappa shape index (κ3) is 4.65. The van der Waals surface area contributed by atoms with Gasteiger partial charge in [0.05, 0.1) is 12.7 Å². The van der Waals surface area contributed by atoms with E-state index in [0.717, 1.165) is 37.3 Å². The summed E-state index contributed by atoms with van der Waals surface area (Å²) in [6, 6.07) is 6.02. The van der Waals surface area contributed by atoms with E-state index >= 15 is 0 Å². The Bertz CT molecular complexity index is 623. The first-order chi connectivity index (χ1) is 11.1. The monoisotopic (exact) mass is 313 g/mol. The lowest BCUT2D eigenvalue weighted by molar-refractivity contribution is -0.151. The quantitative estimate of drug-likeness (QED) is 0.469. The van der Waals surface area contributed by atoms with Crippen LogP contribution in [0.5, 0.6) is 0 Å². The van der Waals surface area contributed by atoms with Crippen molar-refractivity contribution in [1.82, 2.24) is 4.98 Å². The van der Waals surface area contributed by atoms with Gasteiger partial charge in [0, 0.05) is 25.2 Å². The first-order valence-electron chi connectivity index (χ1n) is 7.63. The van der Waals surface area contributed by atoms with Crippen molar-refractivity contribution in [3.05, 3.63) is 30.0 Å². The zero-order valence-corrected chi connectivity index (χ0v) is 13.1. The van der Waals surface area contributed by atoms with Gasteiger partial charge in [0.2, 0.25) is 0 Å². The van der Waals surface area contributed by atoms with Crippen molar-refractivity contribution in [2.24, 2.45) is 5.92 Å². The van der Waals surface area contributed by atoms with E-state index in [-0.39, 0.29) is 12.5 Å². The summed E-state index contributed by atoms with van der Waals surface area (Å²) < 4.78 is 4.62. The van der Waals surface area contributed by atoms with E-state index in [1.807, 2.05) is 12.1 Å². The Balaban J connectivity index is 1.94. The molecule has 0 N–H and O–H groups in total. The van der Waals surface area contributed by atoms with E-state index in [4.69, 9.17) is 5.26 Å². The minimum absolute atomic E-state index is 0.141. The van der Waals surface area contributed by atoms with Crippen LogP contribution in [0.15, 0.2) is 24.4 Å². The second kappa shape index (κ2) is 8.08. The Hall–Kier alpha value is -2.68. The highest BCUT2D eigenvalue weighted by Gasteiger charge is 2.19. The second-order valence-corrected chi connectivity index (χ2v) is 5.26. The molecule has 0 spiro atoms. The number of esters is 1. The molecule has 0 aliphatic carbocycles. The Morgan fingerprint density at radius 3 is 2.74 bits per heavy atom. The highest BCUT2D eigenvalue weighted by Crippen LogP contribution is 2.21. The maximum absolute atomic E-state index is 11.5. The summed E-state index contributed by atoms with van der Waals surface area (Å²) in [7, 11) is 0. The van der Waals surface area contributed by atoms with Gasteiger partial charge in [-0.05, 0) is 49.6 Å². The molecule has 6 heteroatoms. The summed E-state index contributed by atoms with van der Waals surface area (Å²) in [4.78, 5) is 29.2. The molecule has 0 saturated carbocycles. The van der Waals surface area contributed by atoms with Crippen LogP contribution in [0.25, 0.3) is 6.08 Å². The van der Waals surface area contributed by atoms with E-state index in [1.54, 1.807) is 13.1 Å². The standard InChI is InChI=1S/C17H19N3O3/c1-2-23-17(22)15(21)5-3-14-4-6-16(19-12-14)20-9-7-13(11-18)8-10-20/h3-6,12-13H,2,7-10H2,1H3/b5-3+. The predicted octanol–water partition coefficient (Wildman–Crippen LogP) is 1.97. The molecule has 0 amide bonds. The van der Waals surface area contributed by atoms with Crippen LogP contribution in [0.2, 0.25) is 0 Å². The molecule has 2 rings (SSSR count). The molecule has 1 aromatic rings. The van der Waals surface area contributed by atoms with E-state index in [0.29, 0.717) is 0 Å². The fourth-order valence-corrected chi connectivity index (χ4v) is 2.36. The summed E-state index contributed by atoms with van der Waals surface area (Å²) in [5.74, 6) is -0.541. The molecule has 1 aromatic heterocycles. The number of carbonyl (C=O) groups excluding carboxylic acids is 2. The molecule has 1 aliphatic rings. The van der Waals surface area contributed by atoms with Gasteiger partial charge in [0.25, 0.3) is 5.78 Å². The summed E-state index contributed by atoms with van der Waals surface area (Å²) in [6.07, 6.45) is 6.09. The van der Waals surface area contributed by atoms with Crippen molar-refractivity contribution in [3.63, 3.8) is 0 Å². The number of nitrogens with zero attached hydrogens (tertiary/aromatic N) is 3. The van der Waals surface area contributed by atoms with Gasteiger partial charge in [-0.25, -0.2) is 9.78 Å². The van der Waals surface area contributed by atoms with Gasteiger partial charge in [-0.3, -0.25) is 4.79 Å². The van der Waals surface area contributed by atoms with Gasteiger partial charge in [0.15, 0.2) is 0 Å². The topological polar surface area (TPSA) is 83.3 Å². The van der Waals surface area contributed by atoms with Crippen LogP contribution in [0.1, 0.15) is 25.3 Å². The Morgan fingerprint density at radius 2 is 2.17 bits per heavy atom. The summed E-state index contributed by atoms with van der Waals surface area (Å²) in [6.45, 7) is 3.47. The molecule has 120 valence electrons. The van der Waals surface area contributed by atoms with Crippen LogP contribution < -0.4 is 4.90 Å². The van der Waals surface area contributed by atoms with E-state index in [2.05, 4.69) is 20.7 Å². The second-order valence-electron chi connectivity index (χ2n) is 5.26. The van der Waals surface area contributed by atoms with E-state index < -0.39 is 11.8 Å². The van der Waals surface area contributed by atoms with Crippen LogP contribution in [0, 0.1) is 17.2 Å². The highest BCUT2D eigenvalue weighted by molar-refractivity contribution is 6.39. The number of hydrogen-bond acceptors (Lipinski definition) is 6. The van der Waals surface area contributed by atoms with Crippen LogP contribution in [-0.4, -0.2) is 36.4 Å². The van der Waals surface area contributed by atoms with Crippen molar-refractivity contribution in [3.8, 4) is 6.07 Å². The SMILES string of the molecule is CCOC(=O)C(=O)/C=C/c1ccc(N2CCC(C#N)CC2)nc1. The molecule has 23 heavy (non-hydrogen) atoms. The lowest BCUT2D eigenvalue weighted by Gasteiger charge is -2.30. The number of nitriles is 1. The zero-order valence-electron chi connectivity index (χ0n) is 13.1. The normalized spacial score (nSPS) is 15.4. The maximum Gasteiger partial charge on any atom is 0.379 e. The summed E-state index contributed by atoms with van der Waals surface area (Å²) in [5.41, 5.74) is 0.735. The minimum atomic E-state index is -0.853. The smallest absolute Gasteiger partial charge is 0.379 e. The molecule has 0 bridgehead atoms. The van der Waals surface area contributed by atoms with Crippen molar-refractivity contribution in [2.45, 2.75) is 19.8 Å². The number of pyridine rings is 1. The van der Waals surface area contributed by atoms with E-state index in [1.165, 1.54) is 12.2 Å². The van der Waals surface area contributed by atoms with Crippen LogP contribution in [0.3, 0.4) is 0 Å². The number of carbonyl (C=O) groups is 2. The van der Waals surface area contributed by atoms with Gasteiger partial charge in [-0.1, -0.05) is 0 Å². The number of ketones is 1. The first kappa shape index (κ1) is 16.7. The third-order valence-corrected chi connectivity index (χ3v) is 3.68. The average Bonchev–Trinajstić information content (AvgIpc) is 2.60. The molecule has 1 fully saturated rings. The first-order valence-corrected chi connectivity index (χ1v) is 7.63. The van der Waals surface area contributed by atoms with Crippen LogP contribution in [0.4, 0.5) is 5.82 Å². The lowest BCUT2D eigenvalue weighted by atomic mass is 9.99. The van der Waals surface area contributed by atoms with Gasteiger partial charge in [-0.15, -0.1) is 0 Å². The average molecular weight is 313 g/mol. The fourth-order valence-electron chi connectivity index (χ4n) is 2.36. The Kier molecular flexibility index (Phi) is 5.87. The van der Waals surface area contributed by atoms with Crippen molar-refractivity contribution >= 4 is 23.6 Å². The Morgan fingerprint density at radius 1 is 1.43 bits per heavy atom. The van der Waals surface area contributed by atoms with Crippen LogP contribution in [-0.2, 0) is 14.3 Å². The number of aromatic nitrogens is 1. The highest BCUT2D eigenvalue weighted by atomic mass is 16.5. The van der Waals surface area contributed by atoms with Crippen LogP contribution >= 0.6 is 0 Å². The minimum Gasteiger partial charge on any atom is -0.460 e. The molecular formula is C17H19N3O3. The van der Waals surface area contributed by atoms with Crippen molar-refractivity contribution in [1.29, 1.82) is 5.26 Å². The third-order valence-electron chi connectivity index (χ3n) is 3.68. The number of hydrogen-bond donors (Lipinski definition) is 0. The number of anilines is 1. The zero-order chi connectivity index (χ0) is 16.7. The van der Waals surface area contributed by atoms with Crippen molar-refractivity contribution in [2.75, 3.05) is 24.6 Å². The van der Waals surface area contributed by atoms with Gasteiger partial charge >= 0.3 is 5.97 Å². The molecule has 0 aromatic carbocycles. The predicted molar refractivity (Wildman–Crippen MR) is 85.5 cm³/mol. The van der Waals surface area contributed by atoms with Gasteiger partial charge < -0.3 is 9.64 Å². The van der Waals surface area contributed by atoms with Crippen molar-refractivity contribution < 1.29 is 14.3 Å². The molecular weight excluding hydrogens is 294 g/mol. The molecule has 1 saturated heterocycles. The lowest BCUT2D eigenvalue weighted by Crippen LogP contribution is -2.33. The molecule has 6 nitrogen and oxygen atoms in total. The number of ether oxygens (including phenoxy) is 1. The molecule has 0 radical (unpaired) electrons. The maximum atomic E-state index is 11.5. The summed E-state index contributed by atoms with van der Waals surface area (Å²) in [5, 5.41) is 8.91. The van der Waals surface area contributed by atoms with Gasteiger partial charge in [0.1, 0.15) is 5.82 Å². The molecule has 1 aliphatic heterocycles. The Labute approximate surface area is 135 Å².